The first-order valence-electron chi connectivity index (χ1n) is 6.89. The molecule has 0 saturated carbocycles. The van der Waals surface area contributed by atoms with Crippen molar-refractivity contribution < 1.29 is 0 Å². The van der Waals surface area contributed by atoms with E-state index in [1.165, 1.54) is 19.3 Å². The van der Waals surface area contributed by atoms with Gasteiger partial charge in [-0.2, -0.15) is 0 Å². The molecule has 2 heterocycles. The van der Waals surface area contributed by atoms with Crippen LogP contribution in [0.3, 0.4) is 0 Å². The highest BCUT2D eigenvalue weighted by Gasteiger charge is 2.10. The third-order valence-electron chi connectivity index (χ3n) is 3.54. The first-order chi connectivity index (χ1) is 9.72. The van der Waals surface area contributed by atoms with Crippen molar-refractivity contribution in [1.82, 2.24) is 20.4 Å². The molecule has 106 valence electrons. The van der Waals surface area contributed by atoms with Crippen LogP contribution in [0.2, 0.25) is 5.02 Å². The number of nitrogens with one attached hydrogen (secondary N) is 2. The van der Waals surface area contributed by atoms with Crippen LogP contribution in [0.1, 0.15) is 25.1 Å². The Morgan fingerprint density at radius 1 is 1.30 bits per heavy atom. The zero-order chi connectivity index (χ0) is 13.9. The van der Waals surface area contributed by atoms with Crippen LogP contribution in [0.15, 0.2) is 23.0 Å². The molecule has 1 aromatic heterocycles. The zero-order valence-electron chi connectivity index (χ0n) is 11.2. The highest BCUT2D eigenvalue weighted by atomic mass is 35.5. The van der Waals surface area contributed by atoms with Gasteiger partial charge in [-0.3, -0.25) is 4.79 Å². The lowest BCUT2D eigenvalue weighted by Crippen LogP contribution is -2.41. The van der Waals surface area contributed by atoms with Crippen LogP contribution in [-0.4, -0.2) is 28.1 Å². The summed E-state index contributed by atoms with van der Waals surface area (Å²) in [4.78, 5) is 19.2. The fourth-order valence-corrected chi connectivity index (χ4v) is 2.65. The van der Waals surface area contributed by atoms with Crippen molar-refractivity contribution in [3.05, 3.63) is 39.4 Å². The Bertz CT molecular complexity index is 664. The number of hydrazine groups is 1. The number of hydrogen-bond acceptors (Lipinski definition) is 4. The van der Waals surface area contributed by atoms with E-state index in [1.54, 1.807) is 18.2 Å². The quantitative estimate of drug-likeness (QED) is 0.909. The van der Waals surface area contributed by atoms with Crippen molar-refractivity contribution in [3.8, 4) is 0 Å². The molecule has 1 aliphatic rings. The standard InChI is InChI=1S/C14H17ClN4O/c15-10-4-5-11-12(8-10)17-13(18-14(11)20)9-16-19-6-2-1-3-7-19/h4-5,8,16H,1-3,6-7,9H2,(H,17,18,20). The average Bonchev–Trinajstić information content (AvgIpc) is 2.46. The van der Waals surface area contributed by atoms with Crippen molar-refractivity contribution >= 4 is 22.5 Å². The van der Waals surface area contributed by atoms with Gasteiger partial charge in [0.25, 0.3) is 5.56 Å². The smallest absolute Gasteiger partial charge is 0.258 e. The molecule has 0 bridgehead atoms. The van der Waals surface area contributed by atoms with E-state index in [1.807, 2.05) is 0 Å². The number of fused-ring (bicyclic) bond motifs is 1. The fourth-order valence-electron chi connectivity index (χ4n) is 2.48. The van der Waals surface area contributed by atoms with E-state index in [-0.39, 0.29) is 5.56 Å². The minimum atomic E-state index is -0.123. The summed E-state index contributed by atoms with van der Waals surface area (Å²) in [5, 5.41) is 3.34. The molecule has 0 amide bonds. The van der Waals surface area contributed by atoms with Crippen LogP contribution in [0.4, 0.5) is 0 Å². The van der Waals surface area contributed by atoms with Crippen molar-refractivity contribution in [2.24, 2.45) is 0 Å². The molecule has 1 saturated heterocycles. The van der Waals surface area contributed by atoms with Gasteiger partial charge in [0.15, 0.2) is 0 Å². The molecular weight excluding hydrogens is 276 g/mol. The zero-order valence-corrected chi connectivity index (χ0v) is 11.9. The summed E-state index contributed by atoms with van der Waals surface area (Å²) in [6.45, 7) is 2.62. The predicted molar refractivity (Wildman–Crippen MR) is 79.6 cm³/mol. The Morgan fingerprint density at radius 3 is 2.90 bits per heavy atom. The van der Waals surface area contributed by atoms with Gasteiger partial charge in [0, 0.05) is 18.1 Å². The Morgan fingerprint density at radius 2 is 2.10 bits per heavy atom. The summed E-state index contributed by atoms with van der Waals surface area (Å²) < 4.78 is 0. The third kappa shape index (κ3) is 3.00. The van der Waals surface area contributed by atoms with Crippen molar-refractivity contribution in [1.29, 1.82) is 0 Å². The summed E-state index contributed by atoms with van der Waals surface area (Å²) in [7, 11) is 0. The maximum Gasteiger partial charge on any atom is 0.258 e. The summed E-state index contributed by atoms with van der Waals surface area (Å²) >= 11 is 5.95. The number of nitrogens with zero attached hydrogens (tertiary/aromatic N) is 2. The second kappa shape index (κ2) is 5.91. The first-order valence-corrected chi connectivity index (χ1v) is 7.27. The molecule has 1 aliphatic heterocycles. The van der Waals surface area contributed by atoms with Gasteiger partial charge >= 0.3 is 0 Å². The maximum absolute atomic E-state index is 12.0. The van der Waals surface area contributed by atoms with Gasteiger partial charge in [-0.25, -0.2) is 15.4 Å². The van der Waals surface area contributed by atoms with Crippen molar-refractivity contribution in [2.45, 2.75) is 25.8 Å². The number of hydrogen-bond donors (Lipinski definition) is 2. The molecule has 2 aromatic rings. The van der Waals surface area contributed by atoms with Crippen LogP contribution >= 0.6 is 11.6 Å². The average molecular weight is 293 g/mol. The van der Waals surface area contributed by atoms with E-state index in [2.05, 4.69) is 20.4 Å². The van der Waals surface area contributed by atoms with Gasteiger partial charge in [-0.05, 0) is 31.0 Å². The molecule has 0 spiro atoms. The monoisotopic (exact) mass is 292 g/mol. The van der Waals surface area contributed by atoms with Crippen LogP contribution in [-0.2, 0) is 6.54 Å². The minimum absolute atomic E-state index is 0.123. The highest BCUT2D eigenvalue weighted by Crippen LogP contribution is 2.14. The van der Waals surface area contributed by atoms with E-state index < -0.39 is 0 Å². The molecule has 0 aliphatic carbocycles. The number of piperidine rings is 1. The highest BCUT2D eigenvalue weighted by molar-refractivity contribution is 6.31. The number of H-pyrrole nitrogens is 1. The molecule has 0 unspecified atom stereocenters. The first kappa shape index (κ1) is 13.5. The van der Waals surface area contributed by atoms with Crippen LogP contribution < -0.4 is 11.0 Å². The van der Waals surface area contributed by atoms with E-state index in [4.69, 9.17) is 11.6 Å². The SMILES string of the molecule is O=c1[nH]c(CNN2CCCCC2)nc2cc(Cl)ccc12. The molecule has 6 heteroatoms. The topological polar surface area (TPSA) is 61.0 Å². The molecule has 1 fully saturated rings. The van der Waals surface area contributed by atoms with Gasteiger partial charge in [0.1, 0.15) is 5.82 Å². The summed E-state index contributed by atoms with van der Waals surface area (Å²) in [5.41, 5.74) is 3.82. The molecule has 2 N–H and O–H groups in total. The van der Waals surface area contributed by atoms with E-state index in [0.29, 0.717) is 28.3 Å². The normalized spacial score (nSPS) is 16.6. The second-order valence-electron chi connectivity index (χ2n) is 5.06. The van der Waals surface area contributed by atoms with Gasteiger partial charge in [0.05, 0.1) is 17.4 Å². The summed E-state index contributed by atoms with van der Waals surface area (Å²) in [6.07, 6.45) is 3.72. The van der Waals surface area contributed by atoms with E-state index in [0.717, 1.165) is 13.1 Å². The molecule has 0 radical (unpaired) electrons. The largest absolute Gasteiger partial charge is 0.309 e. The van der Waals surface area contributed by atoms with Gasteiger partial charge in [0.2, 0.25) is 0 Å². The number of benzene rings is 1. The molecular formula is C14H17ClN4O. The number of rotatable bonds is 3. The lowest BCUT2D eigenvalue weighted by molar-refractivity contribution is 0.149. The molecule has 1 aromatic carbocycles. The lowest BCUT2D eigenvalue weighted by atomic mass is 10.2. The minimum Gasteiger partial charge on any atom is -0.309 e. The van der Waals surface area contributed by atoms with Gasteiger partial charge in [-0.1, -0.05) is 18.0 Å². The van der Waals surface area contributed by atoms with Crippen LogP contribution in [0.5, 0.6) is 0 Å². The second-order valence-corrected chi connectivity index (χ2v) is 5.49. The van der Waals surface area contributed by atoms with E-state index >= 15 is 0 Å². The number of halogens is 1. The Labute approximate surface area is 121 Å². The van der Waals surface area contributed by atoms with Gasteiger partial charge in [-0.15, -0.1) is 0 Å². The molecule has 5 nitrogen and oxygen atoms in total. The number of aromatic amines is 1. The molecule has 3 rings (SSSR count). The lowest BCUT2D eigenvalue weighted by Gasteiger charge is -2.26. The number of aromatic nitrogens is 2. The Kier molecular flexibility index (Phi) is 4.00. The Hall–Kier alpha value is -1.43. The third-order valence-corrected chi connectivity index (χ3v) is 3.78. The molecule has 20 heavy (non-hydrogen) atoms. The van der Waals surface area contributed by atoms with Crippen LogP contribution in [0.25, 0.3) is 10.9 Å². The van der Waals surface area contributed by atoms with Crippen LogP contribution in [0, 0.1) is 0 Å². The maximum atomic E-state index is 12.0. The van der Waals surface area contributed by atoms with Gasteiger partial charge < -0.3 is 4.98 Å². The summed E-state index contributed by atoms with van der Waals surface area (Å²) in [5.74, 6) is 0.635. The summed E-state index contributed by atoms with van der Waals surface area (Å²) in [6, 6.07) is 5.12. The van der Waals surface area contributed by atoms with Crippen molar-refractivity contribution in [3.63, 3.8) is 0 Å². The Balaban J connectivity index is 1.79. The predicted octanol–water partition coefficient (Wildman–Crippen LogP) is 2.07. The van der Waals surface area contributed by atoms with Crippen molar-refractivity contribution in [2.75, 3.05) is 13.1 Å². The molecule has 0 atom stereocenters. The van der Waals surface area contributed by atoms with E-state index in [9.17, 15) is 4.79 Å². The fraction of sp³-hybridized carbons (Fsp3) is 0.429.